The van der Waals surface area contributed by atoms with Crippen LogP contribution in [0, 0.1) is 0 Å². The maximum atomic E-state index is 12.1. The van der Waals surface area contributed by atoms with E-state index >= 15 is 0 Å². The Morgan fingerprint density at radius 1 is 1.19 bits per heavy atom. The van der Waals surface area contributed by atoms with E-state index in [4.69, 9.17) is 16.6 Å². The molecule has 0 saturated carbocycles. The Hall–Kier alpha value is -1.69. The number of halogens is 1. The van der Waals surface area contributed by atoms with Crippen molar-refractivity contribution in [1.29, 1.82) is 0 Å². The van der Waals surface area contributed by atoms with Gasteiger partial charge in [0.2, 0.25) is 0 Å². The van der Waals surface area contributed by atoms with Gasteiger partial charge in [0, 0.05) is 43.5 Å². The fourth-order valence-electron chi connectivity index (χ4n) is 3.77. The van der Waals surface area contributed by atoms with Gasteiger partial charge >= 0.3 is 0 Å². The summed E-state index contributed by atoms with van der Waals surface area (Å²) in [6.45, 7) is 1.62. The number of hydrogen-bond acceptors (Lipinski definition) is 5. The minimum atomic E-state index is -1.15. The number of thioether (sulfide) groups is 1. The van der Waals surface area contributed by atoms with Crippen molar-refractivity contribution in [2.24, 2.45) is 4.99 Å². The summed E-state index contributed by atoms with van der Waals surface area (Å²) < 4.78 is 0. The number of hydrogen-bond donors (Lipinski definition) is 1. The molecule has 0 radical (unpaired) electrons. The lowest BCUT2D eigenvalue weighted by atomic mass is 9.92. The second kappa shape index (κ2) is 7.38. The lowest BCUT2D eigenvalue weighted by Gasteiger charge is -2.38. The van der Waals surface area contributed by atoms with E-state index in [0.717, 1.165) is 47.9 Å². The first-order valence-corrected chi connectivity index (χ1v) is 10.5. The molecule has 2 aliphatic rings. The van der Waals surface area contributed by atoms with Gasteiger partial charge in [0.15, 0.2) is 10.9 Å². The third-order valence-corrected chi connectivity index (χ3v) is 6.86. The smallest absolute Gasteiger partial charge is 0.182 e. The number of rotatable bonds is 3. The molecule has 4 nitrogen and oxygen atoms in total. The van der Waals surface area contributed by atoms with Crippen LogP contribution >= 0.6 is 23.4 Å². The zero-order valence-electron chi connectivity index (χ0n) is 15.6. The molecule has 142 valence electrons. The second-order valence-electron chi connectivity index (χ2n) is 7.24. The number of nitrogens with zero attached hydrogens (tertiary/aromatic N) is 3. The molecular formula is C21H24ClN3OS. The van der Waals surface area contributed by atoms with Gasteiger partial charge in [0.05, 0.1) is 5.25 Å². The molecule has 0 bridgehead atoms. The Balaban J connectivity index is 1.83. The van der Waals surface area contributed by atoms with Gasteiger partial charge < -0.3 is 14.9 Å². The van der Waals surface area contributed by atoms with Crippen molar-refractivity contribution in [3.8, 4) is 0 Å². The van der Waals surface area contributed by atoms with Crippen molar-refractivity contribution < 1.29 is 5.11 Å². The molecule has 0 amide bonds. The van der Waals surface area contributed by atoms with Gasteiger partial charge in [0.25, 0.3) is 0 Å². The highest BCUT2D eigenvalue weighted by Gasteiger charge is 2.53. The lowest BCUT2D eigenvalue weighted by Crippen LogP contribution is -2.46. The summed E-state index contributed by atoms with van der Waals surface area (Å²) in [7, 11) is 4.03. The SMILES string of the molecule is CN(C)c1ccc(C2(O)C(c3cccc(Cl)c3)SC3=NCCCCN32)cc1. The summed E-state index contributed by atoms with van der Waals surface area (Å²) in [5, 5.41) is 13.5. The van der Waals surface area contributed by atoms with Crippen molar-refractivity contribution in [3.05, 3.63) is 64.7 Å². The van der Waals surface area contributed by atoms with Crippen LogP contribution in [0.3, 0.4) is 0 Å². The van der Waals surface area contributed by atoms with E-state index in [-0.39, 0.29) is 5.25 Å². The summed E-state index contributed by atoms with van der Waals surface area (Å²) >= 11 is 7.90. The third-order valence-electron chi connectivity index (χ3n) is 5.23. The average Bonchev–Trinajstić information content (AvgIpc) is 2.81. The van der Waals surface area contributed by atoms with Crippen LogP contribution in [0.2, 0.25) is 5.02 Å². The van der Waals surface area contributed by atoms with E-state index in [2.05, 4.69) is 21.9 Å². The van der Waals surface area contributed by atoms with Gasteiger partial charge in [-0.3, -0.25) is 4.99 Å². The van der Waals surface area contributed by atoms with Gasteiger partial charge in [-0.15, -0.1) is 0 Å². The molecule has 1 saturated heterocycles. The monoisotopic (exact) mass is 401 g/mol. The standard InChI is InChI=1S/C21H24ClN3OS/c1-24(2)18-10-8-16(9-11-18)21(26)19(15-6-5-7-17(22)14-15)27-20-23-12-3-4-13-25(20)21/h5-11,14,19,26H,3-4,12-13H2,1-2H3. The van der Waals surface area contributed by atoms with E-state index in [1.165, 1.54) is 0 Å². The average molecular weight is 402 g/mol. The number of aliphatic hydroxyl groups is 1. The highest BCUT2D eigenvalue weighted by molar-refractivity contribution is 8.14. The first-order valence-electron chi connectivity index (χ1n) is 9.24. The summed E-state index contributed by atoms with van der Waals surface area (Å²) in [6, 6.07) is 16.0. The largest absolute Gasteiger partial charge is 0.378 e. The van der Waals surface area contributed by atoms with Gasteiger partial charge in [0.1, 0.15) is 0 Å². The maximum Gasteiger partial charge on any atom is 0.182 e. The summed E-state index contributed by atoms with van der Waals surface area (Å²) in [6.07, 6.45) is 2.08. The van der Waals surface area contributed by atoms with E-state index < -0.39 is 5.72 Å². The van der Waals surface area contributed by atoms with Crippen LogP contribution in [0.25, 0.3) is 0 Å². The number of fused-ring (bicyclic) bond motifs is 1. The van der Waals surface area contributed by atoms with Crippen molar-refractivity contribution in [2.45, 2.75) is 23.8 Å². The first kappa shape index (κ1) is 18.7. The topological polar surface area (TPSA) is 39.1 Å². The van der Waals surface area contributed by atoms with Crippen LogP contribution in [0.5, 0.6) is 0 Å². The number of aliphatic imine (C=N–C) groups is 1. The number of amidine groups is 1. The normalized spacial score (nSPS) is 25.0. The maximum absolute atomic E-state index is 12.1. The summed E-state index contributed by atoms with van der Waals surface area (Å²) in [5.41, 5.74) is 1.86. The molecule has 2 aromatic carbocycles. The van der Waals surface area contributed by atoms with Crippen LogP contribution in [0.1, 0.15) is 29.2 Å². The Morgan fingerprint density at radius 2 is 1.96 bits per heavy atom. The molecule has 2 unspecified atom stereocenters. The molecule has 2 aromatic rings. The van der Waals surface area contributed by atoms with E-state index in [1.54, 1.807) is 11.8 Å². The van der Waals surface area contributed by atoms with Crippen molar-refractivity contribution >= 4 is 34.2 Å². The van der Waals surface area contributed by atoms with E-state index in [0.29, 0.717) is 5.02 Å². The minimum Gasteiger partial charge on any atom is -0.378 e. The zero-order valence-corrected chi connectivity index (χ0v) is 17.2. The van der Waals surface area contributed by atoms with Crippen LogP contribution in [-0.4, -0.2) is 42.4 Å². The Kier molecular flexibility index (Phi) is 5.10. The van der Waals surface area contributed by atoms with Crippen molar-refractivity contribution in [2.75, 3.05) is 32.1 Å². The van der Waals surface area contributed by atoms with E-state index in [9.17, 15) is 5.11 Å². The van der Waals surface area contributed by atoms with Crippen LogP contribution in [0.4, 0.5) is 5.69 Å². The third kappa shape index (κ3) is 3.33. The molecule has 6 heteroatoms. The highest BCUT2D eigenvalue weighted by Crippen LogP contribution is 2.55. The molecule has 4 rings (SSSR count). The van der Waals surface area contributed by atoms with Gasteiger partial charge in [-0.1, -0.05) is 47.6 Å². The molecule has 2 heterocycles. The molecule has 27 heavy (non-hydrogen) atoms. The first-order chi connectivity index (χ1) is 13.0. The predicted molar refractivity (Wildman–Crippen MR) is 115 cm³/mol. The fraction of sp³-hybridized carbons (Fsp3) is 0.381. The molecule has 2 aliphatic heterocycles. The predicted octanol–water partition coefficient (Wildman–Crippen LogP) is 4.49. The van der Waals surface area contributed by atoms with Crippen molar-refractivity contribution in [3.63, 3.8) is 0 Å². The van der Waals surface area contributed by atoms with Crippen LogP contribution < -0.4 is 4.90 Å². The molecule has 0 spiro atoms. The molecule has 2 atom stereocenters. The van der Waals surface area contributed by atoms with Crippen LogP contribution in [-0.2, 0) is 5.72 Å². The quantitative estimate of drug-likeness (QED) is 0.822. The molecule has 0 aromatic heterocycles. The Morgan fingerprint density at radius 3 is 2.67 bits per heavy atom. The summed E-state index contributed by atoms with van der Waals surface area (Å²) in [4.78, 5) is 8.90. The number of anilines is 1. The van der Waals surface area contributed by atoms with Gasteiger partial charge in [-0.25, -0.2) is 0 Å². The lowest BCUT2D eigenvalue weighted by molar-refractivity contribution is -0.0712. The highest BCUT2D eigenvalue weighted by atomic mass is 35.5. The van der Waals surface area contributed by atoms with Gasteiger partial charge in [-0.2, -0.15) is 0 Å². The fourth-order valence-corrected chi connectivity index (χ4v) is 5.41. The molecule has 1 fully saturated rings. The molecule has 0 aliphatic carbocycles. The minimum absolute atomic E-state index is 0.182. The van der Waals surface area contributed by atoms with Gasteiger partial charge in [-0.05, 0) is 42.7 Å². The summed E-state index contributed by atoms with van der Waals surface area (Å²) in [5.74, 6) is 0. The van der Waals surface area contributed by atoms with Crippen molar-refractivity contribution in [1.82, 2.24) is 4.90 Å². The zero-order chi connectivity index (χ0) is 19.0. The number of benzene rings is 2. The molecule has 1 N–H and O–H groups in total. The van der Waals surface area contributed by atoms with Crippen LogP contribution in [0.15, 0.2) is 53.5 Å². The Bertz CT molecular complexity index is 855. The Labute approximate surface area is 169 Å². The second-order valence-corrected chi connectivity index (χ2v) is 8.75. The van der Waals surface area contributed by atoms with E-state index in [1.807, 2.05) is 50.5 Å². The molecular weight excluding hydrogens is 378 g/mol.